The van der Waals surface area contributed by atoms with Crippen molar-refractivity contribution in [1.82, 2.24) is 10.2 Å². The maximum Gasteiger partial charge on any atom is 0.325 e. The molecule has 1 atom stereocenters. The fraction of sp³-hybridized carbons (Fsp3) is 0.263. The van der Waals surface area contributed by atoms with Gasteiger partial charge in [0.2, 0.25) is 0 Å². The molecule has 0 unspecified atom stereocenters. The first-order valence-corrected chi connectivity index (χ1v) is 8.04. The van der Waals surface area contributed by atoms with E-state index in [1.165, 1.54) is 25.3 Å². The molecule has 6 heteroatoms. The van der Waals surface area contributed by atoms with Crippen molar-refractivity contribution >= 4 is 11.9 Å². The van der Waals surface area contributed by atoms with Crippen LogP contribution in [-0.2, 0) is 16.9 Å². The highest BCUT2D eigenvalue weighted by Gasteiger charge is 2.51. The number of halogens is 1. The van der Waals surface area contributed by atoms with E-state index in [4.69, 9.17) is 4.74 Å². The summed E-state index contributed by atoms with van der Waals surface area (Å²) >= 11 is 0. The van der Waals surface area contributed by atoms with E-state index in [0.717, 1.165) is 10.5 Å². The number of methoxy groups -OCH3 is 1. The van der Waals surface area contributed by atoms with E-state index in [-0.39, 0.29) is 12.5 Å². The molecule has 1 heterocycles. The summed E-state index contributed by atoms with van der Waals surface area (Å²) in [6, 6.07) is 12.7. The molecule has 0 saturated carbocycles. The molecule has 3 amide bonds. The second kappa shape index (κ2) is 6.55. The molecule has 0 bridgehead atoms. The summed E-state index contributed by atoms with van der Waals surface area (Å²) in [6.07, 6.45) is 0.415. The third-order valence-electron chi connectivity index (χ3n) is 4.54. The van der Waals surface area contributed by atoms with Gasteiger partial charge >= 0.3 is 6.03 Å². The van der Waals surface area contributed by atoms with Gasteiger partial charge in [-0.05, 0) is 30.2 Å². The number of carbonyl (C=O) groups excluding carboxylic acids is 2. The van der Waals surface area contributed by atoms with Gasteiger partial charge in [-0.2, -0.15) is 0 Å². The summed E-state index contributed by atoms with van der Waals surface area (Å²) in [5.41, 5.74) is 0.0642. The van der Waals surface area contributed by atoms with Crippen LogP contribution < -0.4 is 10.1 Å². The first-order chi connectivity index (χ1) is 12.0. The van der Waals surface area contributed by atoms with Crippen LogP contribution in [0.4, 0.5) is 9.18 Å². The zero-order valence-corrected chi connectivity index (χ0v) is 14.1. The van der Waals surface area contributed by atoms with Gasteiger partial charge in [0.25, 0.3) is 5.91 Å². The van der Waals surface area contributed by atoms with Crippen LogP contribution in [0.25, 0.3) is 0 Å². The lowest BCUT2D eigenvalue weighted by Gasteiger charge is -2.25. The summed E-state index contributed by atoms with van der Waals surface area (Å²) in [6.45, 7) is 1.79. The molecule has 25 heavy (non-hydrogen) atoms. The number of rotatable bonds is 5. The Bertz CT molecular complexity index is 810. The summed E-state index contributed by atoms with van der Waals surface area (Å²) < 4.78 is 18.8. The topological polar surface area (TPSA) is 58.6 Å². The van der Waals surface area contributed by atoms with Gasteiger partial charge in [-0.25, -0.2) is 9.18 Å². The van der Waals surface area contributed by atoms with Crippen LogP contribution in [0.2, 0.25) is 0 Å². The van der Waals surface area contributed by atoms with Crippen molar-refractivity contribution in [3.8, 4) is 5.75 Å². The number of hydrogen-bond acceptors (Lipinski definition) is 3. The molecule has 1 aliphatic heterocycles. The minimum atomic E-state index is -1.10. The Morgan fingerprint density at radius 2 is 1.88 bits per heavy atom. The SMILES string of the molecule is CC[C@]1(c2ccccc2)NC(=O)N(Cc2cc(F)ccc2OC)C1=O. The lowest BCUT2D eigenvalue weighted by molar-refractivity contribution is -0.132. The summed E-state index contributed by atoms with van der Waals surface area (Å²) in [4.78, 5) is 26.7. The molecule has 0 radical (unpaired) electrons. The van der Waals surface area contributed by atoms with Gasteiger partial charge in [-0.15, -0.1) is 0 Å². The number of nitrogens with one attached hydrogen (secondary N) is 1. The summed E-state index contributed by atoms with van der Waals surface area (Å²) in [5, 5.41) is 2.81. The van der Waals surface area contributed by atoms with E-state index >= 15 is 0 Å². The third-order valence-corrected chi connectivity index (χ3v) is 4.54. The minimum absolute atomic E-state index is 0.0554. The predicted molar refractivity (Wildman–Crippen MR) is 90.4 cm³/mol. The van der Waals surface area contributed by atoms with Gasteiger partial charge < -0.3 is 10.1 Å². The number of ether oxygens (including phenoxy) is 1. The van der Waals surface area contributed by atoms with Gasteiger partial charge in [0.15, 0.2) is 0 Å². The molecular formula is C19H19FN2O3. The summed E-state index contributed by atoms with van der Waals surface area (Å²) in [7, 11) is 1.46. The highest BCUT2D eigenvalue weighted by Crippen LogP contribution is 2.34. The maximum absolute atomic E-state index is 13.6. The molecule has 2 aromatic rings. The van der Waals surface area contributed by atoms with E-state index in [1.54, 1.807) is 0 Å². The number of nitrogens with zero attached hydrogens (tertiary/aromatic N) is 1. The van der Waals surface area contributed by atoms with Gasteiger partial charge in [0, 0.05) is 5.56 Å². The molecule has 0 aromatic heterocycles. The number of imide groups is 1. The second-order valence-corrected chi connectivity index (χ2v) is 5.90. The van der Waals surface area contributed by atoms with Gasteiger partial charge in [-0.1, -0.05) is 37.3 Å². The lowest BCUT2D eigenvalue weighted by Crippen LogP contribution is -2.43. The van der Waals surface area contributed by atoms with Crippen LogP contribution in [0.5, 0.6) is 5.75 Å². The number of hydrogen-bond donors (Lipinski definition) is 1. The van der Waals surface area contributed by atoms with Gasteiger partial charge in [-0.3, -0.25) is 9.69 Å². The van der Waals surface area contributed by atoms with Gasteiger partial charge in [0.1, 0.15) is 17.1 Å². The highest BCUT2D eigenvalue weighted by atomic mass is 19.1. The largest absolute Gasteiger partial charge is 0.496 e. The van der Waals surface area contributed by atoms with Crippen LogP contribution >= 0.6 is 0 Å². The van der Waals surface area contributed by atoms with Crippen molar-refractivity contribution < 1.29 is 18.7 Å². The maximum atomic E-state index is 13.6. The van der Waals surface area contributed by atoms with Crippen LogP contribution in [0.15, 0.2) is 48.5 Å². The monoisotopic (exact) mass is 342 g/mol. The average Bonchev–Trinajstić information content (AvgIpc) is 2.88. The van der Waals surface area contributed by atoms with Crippen LogP contribution in [0.3, 0.4) is 0 Å². The second-order valence-electron chi connectivity index (χ2n) is 5.90. The first-order valence-electron chi connectivity index (χ1n) is 8.04. The number of amides is 3. The molecule has 0 spiro atoms. The Labute approximate surface area is 145 Å². The molecule has 130 valence electrons. The van der Waals surface area contributed by atoms with Gasteiger partial charge in [0.05, 0.1) is 13.7 Å². The third kappa shape index (κ3) is 2.84. The van der Waals surface area contributed by atoms with Crippen LogP contribution in [-0.4, -0.2) is 23.9 Å². The molecule has 5 nitrogen and oxygen atoms in total. The van der Waals surface area contributed by atoms with E-state index in [1.807, 2.05) is 37.3 Å². The fourth-order valence-electron chi connectivity index (χ4n) is 3.17. The van der Waals surface area contributed by atoms with E-state index in [9.17, 15) is 14.0 Å². The van der Waals surface area contributed by atoms with Crippen molar-refractivity contribution in [2.24, 2.45) is 0 Å². The molecule has 1 fully saturated rings. The van der Waals surface area contributed by atoms with Crippen molar-refractivity contribution in [3.63, 3.8) is 0 Å². The predicted octanol–water partition coefficient (Wildman–Crippen LogP) is 3.19. The minimum Gasteiger partial charge on any atom is -0.496 e. The molecule has 1 aliphatic rings. The standard InChI is InChI=1S/C19H19FN2O3/c1-3-19(14-7-5-4-6-8-14)17(23)22(18(24)21-19)12-13-11-15(20)9-10-16(13)25-2/h4-11H,3,12H2,1-2H3,(H,21,24)/t19-/m1/s1. The Kier molecular flexibility index (Phi) is 4.44. The molecule has 1 N–H and O–H groups in total. The summed E-state index contributed by atoms with van der Waals surface area (Å²) in [5.74, 6) is -0.374. The highest BCUT2D eigenvalue weighted by molar-refractivity contribution is 6.07. The smallest absolute Gasteiger partial charge is 0.325 e. The van der Waals surface area contributed by atoms with Crippen LogP contribution in [0.1, 0.15) is 24.5 Å². The zero-order chi connectivity index (χ0) is 18.0. The number of carbonyl (C=O) groups is 2. The van der Waals surface area contributed by atoms with E-state index < -0.39 is 17.4 Å². The molecule has 2 aromatic carbocycles. The lowest BCUT2D eigenvalue weighted by atomic mass is 9.87. The van der Waals surface area contributed by atoms with Crippen molar-refractivity contribution in [2.45, 2.75) is 25.4 Å². The van der Waals surface area contributed by atoms with Crippen molar-refractivity contribution in [1.29, 1.82) is 0 Å². The zero-order valence-electron chi connectivity index (χ0n) is 14.1. The van der Waals surface area contributed by atoms with Crippen molar-refractivity contribution in [3.05, 3.63) is 65.5 Å². The normalized spacial score (nSPS) is 19.9. The average molecular weight is 342 g/mol. The molecule has 0 aliphatic carbocycles. The number of urea groups is 1. The number of benzene rings is 2. The first kappa shape index (κ1) is 17.0. The fourth-order valence-corrected chi connectivity index (χ4v) is 3.17. The molecular weight excluding hydrogens is 323 g/mol. The quantitative estimate of drug-likeness (QED) is 0.849. The van der Waals surface area contributed by atoms with E-state index in [0.29, 0.717) is 17.7 Å². The molecule has 1 saturated heterocycles. The van der Waals surface area contributed by atoms with Crippen molar-refractivity contribution in [2.75, 3.05) is 7.11 Å². The van der Waals surface area contributed by atoms with E-state index in [2.05, 4.69) is 5.32 Å². The Morgan fingerprint density at radius 1 is 1.16 bits per heavy atom. The Balaban J connectivity index is 1.96. The molecule has 3 rings (SSSR count). The van der Waals surface area contributed by atoms with Crippen LogP contribution in [0, 0.1) is 5.82 Å². The Hall–Kier alpha value is -2.89. The Morgan fingerprint density at radius 3 is 2.52 bits per heavy atom.